The van der Waals surface area contributed by atoms with Crippen LogP contribution in [0.4, 0.5) is 0 Å². The van der Waals surface area contributed by atoms with Gasteiger partial charge in [0.05, 0.1) is 4.88 Å². The van der Waals surface area contributed by atoms with Crippen molar-refractivity contribution in [2.24, 2.45) is 0 Å². The summed E-state index contributed by atoms with van der Waals surface area (Å²) in [5, 5.41) is 8.56. The van der Waals surface area contributed by atoms with Gasteiger partial charge in [-0.05, 0) is 33.5 Å². The Morgan fingerprint density at radius 3 is 2.90 bits per heavy atom. The fourth-order valence-corrected chi connectivity index (χ4v) is 1.75. The average molecular weight is 215 g/mol. The minimum Gasteiger partial charge on any atom is -0.192 e. The van der Waals surface area contributed by atoms with Crippen LogP contribution in [-0.2, 0) is 0 Å². The number of nitrogens with zero attached hydrogens (tertiary/aromatic N) is 2. The molecule has 0 saturated heterocycles. The van der Waals surface area contributed by atoms with Crippen LogP contribution in [0.1, 0.15) is 10.4 Å². The fourth-order valence-electron chi connectivity index (χ4n) is 0.523. The maximum absolute atomic E-state index is 8.56. The molecule has 0 radical (unpaired) electrons. The van der Waals surface area contributed by atoms with E-state index >= 15 is 0 Å². The van der Waals surface area contributed by atoms with Gasteiger partial charge in [0, 0.05) is 0 Å². The second-order valence-corrected chi connectivity index (χ2v) is 3.08. The average Bonchev–Trinajstić information content (AvgIpc) is 2.30. The highest BCUT2D eigenvalue weighted by atomic mass is 79.9. The first kappa shape index (κ1) is 7.45. The molecule has 0 aliphatic rings. The molecule has 0 fully saturated rings. The van der Waals surface area contributed by atoms with Crippen molar-refractivity contribution in [3.63, 3.8) is 0 Å². The minimum absolute atomic E-state index is 0.569. The second-order valence-electron chi connectivity index (χ2n) is 1.53. The highest BCUT2D eigenvalue weighted by Crippen LogP contribution is 2.23. The standard InChI is InChI=1S/C6H3BrN2S/c1-2-5-4(3-8)6(7)9-10-5/h2H,1H2. The minimum atomic E-state index is 0.569. The van der Waals surface area contributed by atoms with Crippen molar-refractivity contribution in [1.82, 2.24) is 4.37 Å². The van der Waals surface area contributed by atoms with Crippen molar-refractivity contribution < 1.29 is 0 Å². The summed E-state index contributed by atoms with van der Waals surface area (Å²) < 4.78 is 4.53. The van der Waals surface area contributed by atoms with Crippen molar-refractivity contribution >= 4 is 33.5 Å². The molecule has 0 amide bonds. The van der Waals surface area contributed by atoms with E-state index in [0.717, 1.165) is 4.88 Å². The molecule has 1 rings (SSSR count). The molecule has 0 bridgehead atoms. The van der Waals surface area contributed by atoms with E-state index in [9.17, 15) is 0 Å². The molecule has 1 heterocycles. The number of halogens is 1. The van der Waals surface area contributed by atoms with Crippen LogP contribution < -0.4 is 0 Å². The normalized spacial score (nSPS) is 8.80. The lowest BCUT2D eigenvalue weighted by Crippen LogP contribution is -1.71. The fraction of sp³-hybridized carbons (Fsp3) is 0. The third kappa shape index (κ3) is 1.11. The maximum atomic E-state index is 8.56. The number of rotatable bonds is 1. The molecule has 50 valence electrons. The van der Waals surface area contributed by atoms with Crippen LogP contribution in [0.25, 0.3) is 6.08 Å². The molecule has 0 atom stereocenters. The van der Waals surface area contributed by atoms with E-state index in [1.807, 2.05) is 6.07 Å². The molecule has 0 aliphatic heterocycles. The summed E-state index contributed by atoms with van der Waals surface area (Å²) in [5.74, 6) is 0. The number of nitriles is 1. The van der Waals surface area contributed by atoms with Gasteiger partial charge in [-0.15, -0.1) is 0 Å². The summed E-state index contributed by atoms with van der Waals surface area (Å²) in [5.41, 5.74) is 0.569. The molecule has 0 unspecified atom stereocenters. The molecule has 1 aromatic heterocycles. The van der Waals surface area contributed by atoms with Crippen molar-refractivity contribution in [1.29, 1.82) is 5.26 Å². The first-order valence-corrected chi connectivity index (χ1v) is 4.04. The Kier molecular flexibility index (Phi) is 2.20. The van der Waals surface area contributed by atoms with Gasteiger partial charge in [0.1, 0.15) is 16.2 Å². The highest BCUT2D eigenvalue weighted by Gasteiger charge is 2.06. The molecular formula is C6H3BrN2S. The topological polar surface area (TPSA) is 36.7 Å². The molecule has 1 aromatic rings. The molecule has 4 heteroatoms. The number of aromatic nitrogens is 1. The van der Waals surface area contributed by atoms with E-state index in [1.165, 1.54) is 11.5 Å². The van der Waals surface area contributed by atoms with Crippen LogP contribution in [0.3, 0.4) is 0 Å². The zero-order valence-corrected chi connectivity index (χ0v) is 7.37. The van der Waals surface area contributed by atoms with Crippen molar-refractivity contribution in [2.75, 3.05) is 0 Å². The van der Waals surface area contributed by atoms with Crippen LogP contribution in [0.5, 0.6) is 0 Å². The molecule has 0 spiro atoms. The Morgan fingerprint density at radius 2 is 2.50 bits per heavy atom. The van der Waals surface area contributed by atoms with Gasteiger partial charge in [-0.25, -0.2) is 0 Å². The first-order chi connectivity index (χ1) is 4.79. The van der Waals surface area contributed by atoms with E-state index < -0.39 is 0 Å². The molecule has 0 N–H and O–H groups in total. The van der Waals surface area contributed by atoms with Crippen LogP contribution in [0.15, 0.2) is 11.2 Å². The Labute approximate surface area is 71.1 Å². The number of hydrogen-bond donors (Lipinski definition) is 0. The van der Waals surface area contributed by atoms with Gasteiger partial charge in [-0.1, -0.05) is 6.58 Å². The Morgan fingerprint density at radius 1 is 1.80 bits per heavy atom. The summed E-state index contributed by atoms with van der Waals surface area (Å²) in [6.45, 7) is 3.55. The van der Waals surface area contributed by atoms with E-state index in [0.29, 0.717) is 10.2 Å². The van der Waals surface area contributed by atoms with E-state index in [4.69, 9.17) is 5.26 Å². The zero-order valence-electron chi connectivity index (χ0n) is 4.97. The molecule has 2 nitrogen and oxygen atoms in total. The third-order valence-electron chi connectivity index (χ3n) is 0.974. The van der Waals surface area contributed by atoms with E-state index in [2.05, 4.69) is 26.9 Å². The van der Waals surface area contributed by atoms with Crippen molar-refractivity contribution in [3.05, 3.63) is 21.6 Å². The number of hydrogen-bond acceptors (Lipinski definition) is 3. The van der Waals surface area contributed by atoms with Crippen molar-refractivity contribution in [3.8, 4) is 6.07 Å². The second kappa shape index (κ2) is 2.95. The molecule has 0 aromatic carbocycles. The van der Waals surface area contributed by atoms with Crippen LogP contribution in [-0.4, -0.2) is 4.37 Å². The predicted molar refractivity (Wildman–Crippen MR) is 44.6 cm³/mol. The van der Waals surface area contributed by atoms with Crippen LogP contribution in [0, 0.1) is 11.3 Å². The van der Waals surface area contributed by atoms with Crippen molar-refractivity contribution in [2.45, 2.75) is 0 Å². The lowest BCUT2D eigenvalue weighted by atomic mass is 10.3. The van der Waals surface area contributed by atoms with Gasteiger partial charge in [0.25, 0.3) is 0 Å². The SMILES string of the molecule is C=Cc1snc(Br)c1C#N. The lowest BCUT2D eigenvalue weighted by molar-refractivity contribution is 1.42. The third-order valence-corrected chi connectivity index (χ3v) is 2.62. The lowest BCUT2D eigenvalue weighted by Gasteiger charge is -1.80. The van der Waals surface area contributed by atoms with E-state index in [-0.39, 0.29) is 0 Å². The summed E-state index contributed by atoms with van der Waals surface area (Å²) in [4.78, 5) is 0.814. The Bertz CT molecular complexity index is 297. The smallest absolute Gasteiger partial charge is 0.138 e. The monoisotopic (exact) mass is 214 g/mol. The van der Waals surface area contributed by atoms with Gasteiger partial charge in [0.15, 0.2) is 0 Å². The maximum Gasteiger partial charge on any atom is 0.138 e. The predicted octanol–water partition coefficient (Wildman–Crippen LogP) is 2.42. The highest BCUT2D eigenvalue weighted by molar-refractivity contribution is 9.10. The Hall–Kier alpha value is -0.660. The Balaban J connectivity index is 3.29. The molecule has 0 saturated carbocycles. The summed E-state index contributed by atoms with van der Waals surface area (Å²) >= 11 is 4.41. The quantitative estimate of drug-likeness (QED) is 0.721. The summed E-state index contributed by atoms with van der Waals surface area (Å²) in [6.07, 6.45) is 1.63. The molecule has 10 heavy (non-hydrogen) atoms. The van der Waals surface area contributed by atoms with Crippen LogP contribution in [0.2, 0.25) is 0 Å². The van der Waals surface area contributed by atoms with Crippen LogP contribution >= 0.6 is 27.5 Å². The largest absolute Gasteiger partial charge is 0.192 e. The van der Waals surface area contributed by atoms with Gasteiger partial charge in [-0.2, -0.15) is 9.64 Å². The summed E-state index contributed by atoms with van der Waals surface area (Å²) in [6, 6.07) is 2.02. The first-order valence-electron chi connectivity index (χ1n) is 2.47. The van der Waals surface area contributed by atoms with Gasteiger partial charge in [-0.3, -0.25) is 0 Å². The molecular weight excluding hydrogens is 212 g/mol. The van der Waals surface area contributed by atoms with Gasteiger partial charge < -0.3 is 0 Å². The molecule has 0 aliphatic carbocycles. The zero-order chi connectivity index (χ0) is 7.56. The summed E-state index contributed by atoms with van der Waals surface area (Å²) in [7, 11) is 0. The van der Waals surface area contributed by atoms with E-state index in [1.54, 1.807) is 6.08 Å². The van der Waals surface area contributed by atoms with Gasteiger partial charge >= 0.3 is 0 Å². The van der Waals surface area contributed by atoms with Gasteiger partial charge in [0.2, 0.25) is 0 Å².